The first-order valence-corrected chi connectivity index (χ1v) is 14.7. The third-order valence-corrected chi connectivity index (χ3v) is 8.37. The molecule has 0 saturated heterocycles. The molecule has 44 heavy (non-hydrogen) atoms. The van der Waals surface area contributed by atoms with Crippen molar-refractivity contribution >= 4 is 39.1 Å². The highest BCUT2D eigenvalue weighted by atomic mass is 15.3. The van der Waals surface area contributed by atoms with Crippen LogP contribution in [0.4, 0.5) is 17.3 Å². The fraction of sp³-hybridized carbons (Fsp3) is 0. The molecule has 8 aromatic rings. The summed E-state index contributed by atoms with van der Waals surface area (Å²) >= 11 is 0. The zero-order valence-corrected chi connectivity index (χ0v) is 23.7. The number of para-hydroxylation sites is 2. The van der Waals surface area contributed by atoms with Crippen molar-refractivity contribution in [2.75, 3.05) is 4.90 Å². The Bertz CT molecular complexity index is 2270. The Morgan fingerprint density at radius 3 is 1.66 bits per heavy atom. The van der Waals surface area contributed by atoms with Gasteiger partial charge in [0, 0.05) is 21.9 Å². The normalized spacial score (nSPS) is 12.0. The Balaban J connectivity index is 1.38. The van der Waals surface area contributed by atoms with E-state index in [-0.39, 0.29) is 0 Å². The fourth-order valence-electron chi connectivity index (χ4n) is 6.38. The minimum Gasteiger partial charge on any atom is -0.305 e. The summed E-state index contributed by atoms with van der Waals surface area (Å²) in [5.41, 5.74) is 9.59. The first kappa shape index (κ1) is 24.5. The van der Waals surface area contributed by atoms with Crippen LogP contribution in [-0.2, 0) is 0 Å². The topological polar surface area (TPSA) is 46.8 Å². The third kappa shape index (κ3) is 3.76. The van der Waals surface area contributed by atoms with Gasteiger partial charge in [0.2, 0.25) is 5.95 Å². The maximum Gasteiger partial charge on any atom is 0.238 e. The number of benzene rings is 6. The van der Waals surface area contributed by atoms with Crippen molar-refractivity contribution in [3.8, 4) is 39.6 Å². The predicted octanol–water partition coefficient (Wildman–Crippen LogP) is 9.75. The van der Waals surface area contributed by atoms with Crippen molar-refractivity contribution in [2.45, 2.75) is 0 Å². The van der Waals surface area contributed by atoms with Gasteiger partial charge in [0.1, 0.15) is 0 Å². The zero-order chi connectivity index (χ0) is 29.0. The van der Waals surface area contributed by atoms with Crippen LogP contribution in [0.2, 0.25) is 0 Å². The Labute approximate surface area is 254 Å². The minimum absolute atomic E-state index is 0.577. The number of fused-ring (bicyclic) bond motifs is 5. The average Bonchev–Trinajstić information content (AvgIpc) is 3.45. The van der Waals surface area contributed by atoms with E-state index in [4.69, 9.17) is 15.0 Å². The molecule has 0 aliphatic carbocycles. The summed E-state index contributed by atoms with van der Waals surface area (Å²) < 4.78 is 2.39. The third-order valence-electron chi connectivity index (χ3n) is 8.37. The van der Waals surface area contributed by atoms with Crippen LogP contribution >= 0.6 is 0 Å². The predicted molar refractivity (Wildman–Crippen MR) is 179 cm³/mol. The van der Waals surface area contributed by atoms with Crippen LogP contribution in [0.25, 0.3) is 61.4 Å². The second-order valence-corrected chi connectivity index (χ2v) is 10.9. The van der Waals surface area contributed by atoms with E-state index in [0.717, 1.165) is 44.8 Å². The van der Waals surface area contributed by atoms with Gasteiger partial charge < -0.3 is 4.57 Å². The Morgan fingerprint density at radius 1 is 0.386 bits per heavy atom. The second-order valence-electron chi connectivity index (χ2n) is 10.9. The summed E-state index contributed by atoms with van der Waals surface area (Å²) in [5, 5.41) is 2.41. The zero-order valence-electron chi connectivity index (χ0n) is 23.7. The summed E-state index contributed by atoms with van der Waals surface area (Å²) in [6, 6.07) is 52.6. The summed E-state index contributed by atoms with van der Waals surface area (Å²) in [4.78, 5) is 17.5. The van der Waals surface area contributed by atoms with Crippen LogP contribution in [0, 0.1) is 0 Å². The molecule has 0 bridgehead atoms. The molecule has 0 radical (unpaired) electrons. The van der Waals surface area contributed by atoms with E-state index in [1.54, 1.807) is 0 Å². The van der Waals surface area contributed by atoms with Gasteiger partial charge in [-0.1, -0.05) is 127 Å². The SMILES string of the molecule is c1ccc(-c2ccc3c(c2)N(c2nc(-c4ccccc4)nc(-c4ccccc4)n2)c2cccc4c5ccccc5n-3c24)cc1. The van der Waals surface area contributed by atoms with Crippen LogP contribution in [-0.4, -0.2) is 19.5 Å². The van der Waals surface area contributed by atoms with Crippen LogP contribution in [0.15, 0.2) is 152 Å². The molecule has 1 aliphatic heterocycles. The average molecular weight is 564 g/mol. The van der Waals surface area contributed by atoms with Gasteiger partial charge in [-0.05, 0) is 35.4 Å². The quantitative estimate of drug-likeness (QED) is 0.214. The van der Waals surface area contributed by atoms with Crippen molar-refractivity contribution in [1.82, 2.24) is 19.5 Å². The molecule has 0 amide bonds. The van der Waals surface area contributed by atoms with E-state index >= 15 is 0 Å². The van der Waals surface area contributed by atoms with E-state index in [0.29, 0.717) is 17.6 Å². The maximum absolute atomic E-state index is 5.16. The molecular formula is C39H25N5. The Morgan fingerprint density at radius 2 is 0.977 bits per heavy atom. The molecular weight excluding hydrogens is 538 g/mol. The number of hydrogen-bond donors (Lipinski definition) is 0. The molecule has 6 aromatic carbocycles. The molecule has 0 unspecified atom stereocenters. The Hall–Kier alpha value is -6.07. The first-order valence-electron chi connectivity index (χ1n) is 14.7. The molecule has 0 fully saturated rings. The van der Waals surface area contributed by atoms with Crippen LogP contribution in [0.1, 0.15) is 0 Å². The fourth-order valence-corrected chi connectivity index (χ4v) is 6.38. The number of rotatable bonds is 4. The van der Waals surface area contributed by atoms with E-state index in [1.807, 2.05) is 66.7 Å². The highest BCUT2D eigenvalue weighted by Crippen LogP contribution is 2.50. The van der Waals surface area contributed by atoms with Crippen molar-refractivity contribution in [2.24, 2.45) is 0 Å². The highest BCUT2D eigenvalue weighted by Gasteiger charge is 2.31. The molecule has 206 valence electrons. The van der Waals surface area contributed by atoms with Crippen LogP contribution in [0.5, 0.6) is 0 Å². The number of hydrogen-bond acceptors (Lipinski definition) is 4. The smallest absolute Gasteiger partial charge is 0.238 e. The summed E-state index contributed by atoms with van der Waals surface area (Å²) in [6.45, 7) is 0. The number of aromatic nitrogens is 4. The monoisotopic (exact) mass is 563 g/mol. The van der Waals surface area contributed by atoms with Gasteiger partial charge in [0.05, 0.1) is 28.1 Å². The van der Waals surface area contributed by atoms with E-state index in [9.17, 15) is 0 Å². The van der Waals surface area contributed by atoms with E-state index in [1.165, 1.54) is 16.3 Å². The first-order chi connectivity index (χ1) is 21.8. The van der Waals surface area contributed by atoms with Gasteiger partial charge in [-0.25, -0.2) is 4.98 Å². The number of nitrogens with zero attached hydrogens (tertiary/aromatic N) is 5. The maximum atomic E-state index is 5.16. The molecule has 0 saturated carbocycles. The van der Waals surface area contributed by atoms with Gasteiger partial charge in [-0.3, -0.25) is 4.90 Å². The lowest BCUT2D eigenvalue weighted by Crippen LogP contribution is -2.21. The molecule has 0 N–H and O–H groups in total. The standard InChI is InChI=1S/C39H25N5/c1-4-13-26(14-5-1)29-23-24-33-35(25-29)44(34-22-12-20-31-30-19-10-11-21-32(30)43(33)36(31)34)39-41-37(27-15-6-2-7-16-27)40-38(42-39)28-17-8-3-9-18-28/h1-25H. The lowest BCUT2D eigenvalue weighted by atomic mass is 10.0. The summed E-state index contributed by atoms with van der Waals surface area (Å²) in [5.74, 6) is 1.84. The minimum atomic E-state index is 0.577. The molecule has 0 spiro atoms. The van der Waals surface area contributed by atoms with Crippen molar-refractivity contribution < 1.29 is 0 Å². The Kier molecular flexibility index (Phi) is 5.43. The van der Waals surface area contributed by atoms with Crippen molar-refractivity contribution in [3.63, 3.8) is 0 Å². The van der Waals surface area contributed by atoms with Gasteiger partial charge in [-0.2, -0.15) is 9.97 Å². The highest BCUT2D eigenvalue weighted by molar-refractivity contribution is 6.16. The largest absolute Gasteiger partial charge is 0.305 e. The lowest BCUT2D eigenvalue weighted by Gasteiger charge is -2.32. The lowest BCUT2D eigenvalue weighted by molar-refractivity contribution is 1.00. The summed E-state index contributed by atoms with van der Waals surface area (Å²) in [6.07, 6.45) is 0. The van der Waals surface area contributed by atoms with Gasteiger partial charge >= 0.3 is 0 Å². The second kappa shape index (κ2) is 9.75. The molecule has 5 nitrogen and oxygen atoms in total. The molecule has 9 rings (SSSR count). The van der Waals surface area contributed by atoms with E-state index in [2.05, 4.69) is 94.4 Å². The number of anilines is 3. The molecule has 1 aliphatic rings. The van der Waals surface area contributed by atoms with Crippen LogP contribution < -0.4 is 4.90 Å². The van der Waals surface area contributed by atoms with Crippen molar-refractivity contribution in [3.05, 3.63) is 152 Å². The molecule has 5 heteroatoms. The van der Waals surface area contributed by atoms with Crippen molar-refractivity contribution in [1.29, 1.82) is 0 Å². The van der Waals surface area contributed by atoms with Crippen LogP contribution in [0.3, 0.4) is 0 Å². The summed E-state index contributed by atoms with van der Waals surface area (Å²) in [7, 11) is 0. The van der Waals surface area contributed by atoms with Gasteiger partial charge in [-0.15, -0.1) is 0 Å². The molecule has 3 heterocycles. The molecule has 2 aromatic heterocycles. The van der Waals surface area contributed by atoms with Gasteiger partial charge in [0.25, 0.3) is 0 Å². The van der Waals surface area contributed by atoms with Gasteiger partial charge in [0.15, 0.2) is 11.6 Å². The molecule has 0 atom stereocenters. The van der Waals surface area contributed by atoms with E-state index < -0.39 is 0 Å².